The van der Waals surface area contributed by atoms with Gasteiger partial charge in [0.1, 0.15) is 5.75 Å². The quantitative estimate of drug-likeness (QED) is 0.407. The first-order valence-electron chi connectivity index (χ1n) is 5.72. The molecule has 2 unspecified atom stereocenters. The lowest BCUT2D eigenvalue weighted by molar-refractivity contribution is 0.270. The second-order valence-corrected chi connectivity index (χ2v) is 7.79. The summed E-state index contributed by atoms with van der Waals surface area (Å²) in [5, 5.41) is 4.12. The van der Waals surface area contributed by atoms with Crippen LogP contribution in [0, 0.1) is 0 Å². The van der Waals surface area contributed by atoms with Crippen LogP contribution in [0.3, 0.4) is 0 Å². The maximum atomic E-state index is 11.9. The molecule has 2 aliphatic rings. The van der Waals surface area contributed by atoms with E-state index in [0.717, 1.165) is 0 Å². The van der Waals surface area contributed by atoms with Gasteiger partial charge < -0.3 is 24.4 Å². The summed E-state index contributed by atoms with van der Waals surface area (Å²) in [4.78, 5) is 9.50. The predicted octanol–water partition coefficient (Wildman–Crippen LogP) is 2.32. The summed E-state index contributed by atoms with van der Waals surface area (Å²) < 4.78 is 42.3. The molecular formula is C9H11N3O7P2S2. The average Bonchev–Trinajstić information content (AvgIpc) is 2.36. The number of hydrogen-bond donors (Lipinski definition) is 4. The van der Waals surface area contributed by atoms with E-state index >= 15 is 0 Å². The molecule has 2 atom stereocenters. The van der Waals surface area contributed by atoms with Crippen molar-refractivity contribution < 1.29 is 32.1 Å². The highest BCUT2D eigenvalue weighted by atomic mass is 32.1. The van der Waals surface area contributed by atoms with Gasteiger partial charge in [-0.3, -0.25) is 4.89 Å². The Morgan fingerprint density at radius 1 is 1.22 bits per heavy atom. The van der Waals surface area contributed by atoms with Crippen LogP contribution < -0.4 is 20.9 Å². The molecule has 0 aromatic heterocycles. The molecule has 3 rings (SSSR count). The van der Waals surface area contributed by atoms with Gasteiger partial charge in [0.2, 0.25) is 0 Å². The van der Waals surface area contributed by atoms with Crippen molar-refractivity contribution in [3.05, 3.63) is 18.2 Å². The number of anilines is 2. The number of nitrogens with two attached hydrogens (primary N) is 1. The Hall–Kier alpha value is -1.26. The first-order valence-corrected chi connectivity index (χ1v) is 9.64. The summed E-state index contributed by atoms with van der Waals surface area (Å²) in [5.41, 5.74) is 5.95. The van der Waals surface area contributed by atoms with Crippen molar-refractivity contribution in [3.63, 3.8) is 0 Å². The van der Waals surface area contributed by atoms with E-state index in [9.17, 15) is 14.0 Å². The van der Waals surface area contributed by atoms with Crippen LogP contribution in [0.4, 0.5) is 11.4 Å². The highest BCUT2D eigenvalue weighted by molar-refractivity contribution is 7.81. The van der Waals surface area contributed by atoms with Crippen molar-refractivity contribution in [1.29, 1.82) is 0 Å². The van der Waals surface area contributed by atoms with Gasteiger partial charge >= 0.3 is 15.6 Å². The molecule has 5 N–H and O–H groups in total. The number of hydrogen-bond acceptors (Lipinski definition) is 8. The molecule has 0 saturated heterocycles. The topological polar surface area (TPSA) is 141 Å². The van der Waals surface area contributed by atoms with Crippen LogP contribution in [0.5, 0.6) is 5.75 Å². The van der Waals surface area contributed by atoms with Crippen molar-refractivity contribution in [2.24, 2.45) is 5.50 Å². The number of benzene rings is 1. The van der Waals surface area contributed by atoms with E-state index in [0.29, 0.717) is 17.1 Å². The Bertz CT molecular complexity index is 759. The number of methoxy groups -OCH3 is 1. The maximum absolute atomic E-state index is 11.9. The van der Waals surface area contributed by atoms with Gasteiger partial charge in [0.15, 0.2) is 0 Å². The van der Waals surface area contributed by atoms with Gasteiger partial charge in [-0.1, -0.05) is 0 Å². The van der Waals surface area contributed by atoms with Crippen molar-refractivity contribution in [2.45, 2.75) is 0 Å². The average molecular weight is 399 g/mol. The number of thiocarbonyl (C=S) groups is 2. The lowest BCUT2D eigenvalue weighted by atomic mass is 10.2. The van der Waals surface area contributed by atoms with Gasteiger partial charge in [-0.2, -0.15) is 4.31 Å². The van der Waals surface area contributed by atoms with Crippen molar-refractivity contribution in [1.82, 2.24) is 0 Å². The number of nitrogens with one attached hydrogen (secondary N) is 2. The minimum atomic E-state index is -4.90. The minimum Gasteiger partial charge on any atom is -0.494 e. The number of phosphoric ester groups is 1. The smallest absolute Gasteiger partial charge is 0.494 e. The third kappa shape index (κ3) is 5.11. The number of ether oxygens (including phenoxy) is 1. The zero-order valence-corrected chi connectivity index (χ0v) is 14.8. The molecule has 0 radical (unpaired) electrons. The lowest BCUT2D eigenvalue weighted by Crippen LogP contribution is -2.16. The fourth-order valence-corrected chi connectivity index (χ4v) is 4.31. The van der Waals surface area contributed by atoms with E-state index in [2.05, 4.69) is 24.0 Å². The summed E-state index contributed by atoms with van der Waals surface area (Å²) >= 11 is 9.58. The summed E-state index contributed by atoms with van der Waals surface area (Å²) in [6, 6.07) is 4.59. The molecule has 1 aromatic carbocycles. The summed E-state index contributed by atoms with van der Waals surface area (Å²) in [5.74, 6) is 0.322. The van der Waals surface area contributed by atoms with E-state index < -0.39 is 25.9 Å². The van der Waals surface area contributed by atoms with Crippen LogP contribution in [0.25, 0.3) is 0 Å². The second kappa shape index (κ2) is 6.70. The highest BCUT2D eigenvalue weighted by Gasteiger charge is 2.37. The van der Waals surface area contributed by atoms with Crippen LogP contribution >= 0.6 is 40.0 Å². The van der Waals surface area contributed by atoms with Crippen molar-refractivity contribution in [3.8, 4) is 5.75 Å². The van der Waals surface area contributed by atoms with Gasteiger partial charge in [-0.05, 0) is 36.6 Å². The number of phosphoric acid groups is 1. The van der Waals surface area contributed by atoms with Gasteiger partial charge in [-0.25, -0.2) is 14.6 Å². The SMILES string of the molecule is COc1cc2ccc1NC(=S)OP(N)(=O)OP(=O)(O)OC(=S)N2. The number of fused-ring (bicyclic) bond motifs is 10. The largest absolute Gasteiger partial charge is 0.538 e. The molecule has 2 heterocycles. The summed E-state index contributed by atoms with van der Waals surface area (Å²) in [6.45, 7) is 0. The fraction of sp³-hybridized carbons (Fsp3) is 0.111. The molecular weight excluding hydrogens is 388 g/mol. The molecule has 1 aromatic rings. The van der Waals surface area contributed by atoms with E-state index in [-0.39, 0.29) is 0 Å². The van der Waals surface area contributed by atoms with Crippen LogP contribution in [0.1, 0.15) is 0 Å². The Balaban J connectivity index is 2.44. The lowest BCUT2D eigenvalue weighted by Gasteiger charge is -2.18. The molecule has 2 aliphatic heterocycles. The molecule has 0 spiro atoms. The molecule has 2 bridgehead atoms. The number of rotatable bonds is 1. The molecule has 0 aliphatic carbocycles. The van der Waals surface area contributed by atoms with Crippen molar-refractivity contribution in [2.75, 3.05) is 17.7 Å². The van der Waals surface area contributed by atoms with E-state index in [4.69, 9.17) is 34.7 Å². The summed E-state index contributed by atoms with van der Waals surface area (Å²) in [6.07, 6.45) is 0. The van der Waals surface area contributed by atoms with E-state index in [1.54, 1.807) is 6.07 Å². The van der Waals surface area contributed by atoms with Crippen LogP contribution in [-0.4, -0.2) is 22.4 Å². The Morgan fingerprint density at radius 3 is 2.52 bits per heavy atom. The Labute approximate surface area is 141 Å². The molecule has 0 fully saturated rings. The van der Waals surface area contributed by atoms with Gasteiger partial charge in [0.25, 0.3) is 10.3 Å². The Morgan fingerprint density at radius 2 is 1.87 bits per heavy atom. The van der Waals surface area contributed by atoms with Gasteiger partial charge in [-0.15, -0.1) is 0 Å². The van der Waals surface area contributed by atoms with Gasteiger partial charge in [0, 0.05) is 11.8 Å². The molecule has 0 saturated carbocycles. The normalized spacial score (nSPS) is 28.1. The minimum absolute atomic E-state index is 0.322. The zero-order valence-electron chi connectivity index (χ0n) is 11.4. The highest BCUT2D eigenvalue weighted by Crippen LogP contribution is 2.58. The van der Waals surface area contributed by atoms with Crippen LogP contribution in [-0.2, 0) is 22.5 Å². The molecule has 0 amide bonds. The first-order chi connectivity index (χ1) is 10.6. The predicted molar refractivity (Wildman–Crippen MR) is 90.3 cm³/mol. The maximum Gasteiger partial charge on any atom is 0.538 e. The molecule has 10 nitrogen and oxygen atoms in total. The first kappa shape index (κ1) is 18.1. The summed E-state index contributed by atoms with van der Waals surface area (Å²) in [7, 11) is -8.04. The molecule has 14 heteroatoms. The molecule has 126 valence electrons. The van der Waals surface area contributed by atoms with Crippen LogP contribution in [0.15, 0.2) is 18.2 Å². The third-order valence-electron chi connectivity index (χ3n) is 2.31. The van der Waals surface area contributed by atoms with E-state index in [1.165, 1.54) is 19.2 Å². The standard InChI is InChI=1S/C9H11N3O7P2S2/c1-16-7-4-5-2-3-6(7)12-9(23)17-20(10,13)19-21(14,15)18-8(22)11-5/h2-4H,1H3,(H2,10,13)(H,11,22)(H,12,23)(H,14,15). The fourth-order valence-electron chi connectivity index (χ4n) is 1.54. The second-order valence-electron chi connectivity index (χ2n) is 4.01. The third-order valence-corrected chi connectivity index (χ3v) is 5.51. The molecule has 23 heavy (non-hydrogen) atoms. The monoisotopic (exact) mass is 399 g/mol. The Kier molecular flexibility index (Phi) is 5.27. The van der Waals surface area contributed by atoms with Gasteiger partial charge in [0.05, 0.1) is 12.8 Å². The van der Waals surface area contributed by atoms with E-state index in [1.807, 2.05) is 0 Å². The zero-order chi connectivity index (χ0) is 17.3. The van der Waals surface area contributed by atoms with Crippen LogP contribution in [0.2, 0.25) is 0 Å². The van der Waals surface area contributed by atoms with Crippen molar-refractivity contribution >= 4 is 61.7 Å².